The molecule has 0 aliphatic rings. The molecule has 0 bridgehead atoms. The Kier molecular flexibility index (Phi) is 4.14. The Morgan fingerprint density at radius 2 is 1.85 bits per heavy atom. The summed E-state index contributed by atoms with van der Waals surface area (Å²) in [6.45, 7) is 10.0. The van der Waals surface area contributed by atoms with E-state index in [2.05, 4.69) is 32.8 Å². The van der Waals surface area contributed by atoms with Crippen LogP contribution in [-0.4, -0.2) is 25.0 Å². The van der Waals surface area contributed by atoms with Crippen molar-refractivity contribution in [3.8, 4) is 0 Å². The Labute approximate surface area is 80.8 Å². The summed E-state index contributed by atoms with van der Waals surface area (Å²) in [6, 6.07) is 0. The Hall–Kier alpha value is -0.830. The lowest BCUT2D eigenvalue weighted by Gasteiger charge is -2.20. The van der Waals surface area contributed by atoms with E-state index in [1.165, 1.54) is 0 Å². The minimum Gasteiger partial charge on any atom is -0.286 e. The van der Waals surface area contributed by atoms with Gasteiger partial charge in [-0.25, -0.2) is 5.01 Å². The molecule has 76 valence electrons. The summed E-state index contributed by atoms with van der Waals surface area (Å²) in [6.07, 6.45) is 0.715. The van der Waals surface area contributed by atoms with Crippen LogP contribution in [0.5, 0.6) is 0 Å². The van der Waals surface area contributed by atoms with Gasteiger partial charge in [0.25, 0.3) is 5.91 Å². The number of amides is 1. The predicted molar refractivity (Wildman–Crippen MR) is 55.0 cm³/mol. The first-order chi connectivity index (χ1) is 5.72. The summed E-state index contributed by atoms with van der Waals surface area (Å²) < 4.78 is 0. The fourth-order valence-corrected chi connectivity index (χ4v) is 1.00. The Balaban J connectivity index is 4.06. The van der Waals surface area contributed by atoms with Crippen LogP contribution in [0.2, 0.25) is 0 Å². The molecule has 1 N–H and O–H groups in total. The van der Waals surface area contributed by atoms with Gasteiger partial charge >= 0.3 is 0 Å². The molecule has 0 rings (SSSR count). The predicted octanol–water partition coefficient (Wildman–Crippen LogP) is 1.57. The zero-order valence-corrected chi connectivity index (χ0v) is 9.27. The molecule has 3 heteroatoms. The van der Waals surface area contributed by atoms with Crippen LogP contribution in [0.1, 0.15) is 27.2 Å². The van der Waals surface area contributed by atoms with E-state index in [9.17, 15) is 4.79 Å². The van der Waals surface area contributed by atoms with Gasteiger partial charge in [0.2, 0.25) is 0 Å². The van der Waals surface area contributed by atoms with Gasteiger partial charge in [-0.05, 0) is 11.8 Å². The summed E-state index contributed by atoms with van der Waals surface area (Å²) in [5.74, 6) is -0.0973. The Morgan fingerprint density at radius 3 is 2.15 bits per heavy atom. The smallest absolute Gasteiger partial charge is 0.260 e. The van der Waals surface area contributed by atoms with Crippen molar-refractivity contribution in [2.75, 3.05) is 14.1 Å². The van der Waals surface area contributed by atoms with Gasteiger partial charge in [-0.15, -0.1) is 0 Å². The number of nitrogens with zero attached hydrogens (tertiary/aromatic N) is 1. The molecular formula is C10H20N2O. The van der Waals surface area contributed by atoms with Crippen LogP contribution >= 0.6 is 0 Å². The van der Waals surface area contributed by atoms with Crippen molar-refractivity contribution >= 4 is 5.91 Å². The second-order valence-electron chi connectivity index (χ2n) is 4.68. The highest BCUT2D eigenvalue weighted by molar-refractivity contribution is 5.92. The summed E-state index contributed by atoms with van der Waals surface area (Å²) in [4.78, 5) is 11.4. The van der Waals surface area contributed by atoms with Crippen molar-refractivity contribution in [3.63, 3.8) is 0 Å². The van der Waals surface area contributed by atoms with Crippen molar-refractivity contribution in [2.24, 2.45) is 5.41 Å². The van der Waals surface area contributed by atoms with Crippen molar-refractivity contribution < 1.29 is 4.79 Å². The van der Waals surface area contributed by atoms with E-state index in [-0.39, 0.29) is 11.3 Å². The van der Waals surface area contributed by atoms with Gasteiger partial charge in [0.15, 0.2) is 0 Å². The monoisotopic (exact) mass is 184 g/mol. The number of nitrogens with one attached hydrogen (secondary N) is 1. The average molecular weight is 184 g/mol. The average Bonchev–Trinajstić information content (AvgIpc) is 1.81. The van der Waals surface area contributed by atoms with Crippen molar-refractivity contribution in [2.45, 2.75) is 27.2 Å². The molecule has 3 nitrogen and oxygen atoms in total. The second-order valence-corrected chi connectivity index (χ2v) is 4.68. The van der Waals surface area contributed by atoms with Crippen LogP contribution in [0, 0.1) is 5.41 Å². The van der Waals surface area contributed by atoms with Crippen LogP contribution in [0.25, 0.3) is 0 Å². The second kappa shape index (κ2) is 4.42. The van der Waals surface area contributed by atoms with Gasteiger partial charge in [0.1, 0.15) is 0 Å². The van der Waals surface area contributed by atoms with Gasteiger partial charge in [-0.2, -0.15) is 0 Å². The lowest BCUT2D eigenvalue weighted by atomic mass is 9.88. The van der Waals surface area contributed by atoms with E-state index in [0.717, 1.165) is 0 Å². The summed E-state index contributed by atoms with van der Waals surface area (Å²) in [5.41, 5.74) is 3.40. The molecule has 0 aromatic heterocycles. The third-order valence-electron chi connectivity index (χ3n) is 1.39. The lowest BCUT2D eigenvalue weighted by molar-refractivity contribution is -0.121. The van der Waals surface area contributed by atoms with Crippen molar-refractivity contribution in [1.82, 2.24) is 10.4 Å². The van der Waals surface area contributed by atoms with Crippen LogP contribution in [0.4, 0.5) is 0 Å². The number of carbonyl (C=O) groups excluding carboxylic acids is 1. The van der Waals surface area contributed by atoms with E-state index >= 15 is 0 Å². The number of hydrogen-bond donors (Lipinski definition) is 1. The first-order valence-electron chi connectivity index (χ1n) is 4.38. The molecule has 0 heterocycles. The maximum absolute atomic E-state index is 11.4. The molecule has 0 atom stereocenters. The highest BCUT2D eigenvalue weighted by Crippen LogP contribution is 2.22. The Morgan fingerprint density at radius 1 is 1.38 bits per heavy atom. The number of hydrazine groups is 1. The highest BCUT2D eigenvalue weighted by atomic mass is 16.2. The standard InChI is InChI=1S/C10H20N2O/c1-8(7-10(2,3)4)9(13)11-12(5)6/h1,7H2,2-6H3,(H,11,13). The first-order valence-corrected chi connectivity index (χ1v) is 4.38. The minimum atomic E-state index is -0.0973. The van der Waals surface area contributed by atoms with Crippen LogP contribution in [0.3, 0.4) is 0 Å². The maximum Gasteiger partial charge on any atom is 0.260 e. The highest BCUT2D eigenvalue weighted by Gasteiger charge is 2.16. The molecule has 0 fully saturated rings. The number of carbonyl (C=O) groups is 1. The molecule has 0 aromatic rings. The summed E-state index contributed by atoms with van der Waals surface area (Å²) in [7, 11) is 3.56. The van der Waals surface area contributed by atoms with Crippen LogP contribution in [-0.2, 0) is 4.79 Å². The van der Waals surface area contributed by atoms with E-state index in [4.69, 9.17) is 0 Å². The molecule has 0 saturated carbocycles. The lowest BCUT2D eigenvalue weighted by Crippen LogP contribution is -2.37. The summed E-state index contributed by atoms with van der Waals surface area (Å²) in [5, 5.41) is 1.62. The third-order valence-corrected chi connectivity index (χ3v) is 1.39. The van der Waals surface area contributed by atoms with Crippen LogP contribution < -0.4 is 5.43 Å². The topological polar surface area (TPSA) is 32.3 Å². The quantitative estimate of drug-likeness (QED) is 0.533. The van der Waals surface area contributed by atoms with Gasteiger partial charge in [0.05, 0.1) is 0 Å². The molecular weight excluding hydrogens is 164 g/mol. The Bertz CT molecular complexity index is 201. The molecule has 0 unspecified atom stereocenters. The van der Waals surface area contributed by atoms with Gasteiger partial charge in [0, 0.05) is 19.7 Å². The van der Waals surface area contributed by atoms with Crippen molar-refractivity contribution in [1.29, 1.82) is 0 Å². The van der Waals surface area contributed by atoms with E-state index in [1.54, 1.807) is 19.1 Å². The van der Waals surface area contributed by atoms with E-state index in [1.807, 2.05) is 0 Å². The van der Waals surface area contributed by atoms with Gasteiger partial charge in [-0.1, -0.05) is 27.4 Å². The van der Waals surface area contributed by atoms with Gasteiger partial charge in [-0.3, -0.25) is 10.2 Å². The molecule has 0 saturated heterocycles. The largest absolute Gasteiger partial charge is 0.286 e. The number of rotatable bonds is 3. The molecule has 1 amide bonds. The molecule has 0 spiro atoms. The molecule has 0 aliphatic heterocycles. The fraction of sp³-hybridized carbons (Fsp3) is 0.700. The van der Waals surface area contributed by atoms with E-state index < -0.39 is 0 Å². The first kappa shape index (κ1) is 12.2. The minimum absolute atomic E-state index is 0.0973. The third kappa shape index (κ3) is 6.34. The zero-order valence-electron chi connectivity index (χ0n) is 9.27. The zero-order chi connectivity index (χ0) is 10.6. The fourth-order valence-electron chi connectivity index (χ4n) is 1.00. The summed E-state index contributed by atoms with van der Waals surface area (Å²) >= 11 is 0. The molecule has 13 heavy (non-hydrogen) atoms. The SMILES string of the molecule is C=C(CC(C)(C)C)C(=O)NN(C)C. The number of hydrogen-bond acceptors (Lipinski definition) is 2. The molecule has 0 aromatic carbocycles. The molecule has 0 aliphatic carbocycles. The maximum atomic E-state index is 11.4. The van der Waals surface area contributed by atoms with Crippen molar-refractivity contribution in [3.05, 3.63) is 12.2 Å². The van der Waals surface area contributed by atoms with E-state index in [0.29, 0.717) is 12.0 Å². The molecule has 0 radical (unpaired) electrons. The van der Waals surface area contributed by atoms with Gasteiger partial charge < -0.3 is 0 Å². The normalized spacial score (nSPS) is 11.5. The van der Waals surface area contributed by atoms with Crippen LogP contribution in [0.15, 0.2) is 12.2 Å².